The van der Waals surface area contributed by atoms with Gasteiger partial charge in [-0.05, 0) is 31.0 Å². The molecule has 5 nitrogen and oxygen atoms in total. The van der Waals surface area contributed by atoms with E-state index < -0.39 is 0 Å². The van der Waals surface area contributed by atoms with Crippen molar-refractivity contribution in [3.63, 3.8) is 0 Å². The number of hydrogen-bond acceptors (Lipinski definition) is 4. The Morgan fingerprint density at radius 1 is 1.13 bits per heavy atom. The van der Waals surface area contributed by atoms with E-state index in [1.165, 1.54) is 0 Å². The molecule has 1 aromatic carbocycles. The molecule has 0 radical (unpaired) electrons. The van der Waals surface area contributed by atoms with E-state index in [0.717, 1.165) is 29.7 Å². The molecule has 0 bridgehead atoms. The Kier molecular flexibility index (Phi) is 3.67. The van der Waals surface area contributed by atoms with Crippen LogP contribution in [0.5, 0.6) is 0 Å². The lowest BCUT2D eigenvalue weighted by Gasteiger charge is -2.11. The smallest absolute Gasteiger partial charge is 0.223 e. The minimum absolute atomic E-state index is 0.470. The van der Waals surface area contributed by atoms with Gasteiger partial charge in [-0.3, -0.25) is 0 Å². The standard InChI is InChI=1S/C16H13Cl2N5/c17-9-1-4-11(13(18)7-9)14-12(15-19-5-6-20-15)8-21-16(23-14)22-10-2-3-10/h1,4-8,10H,2-3H2,(H,19,20)(H,21,22,23). The van der Waals surface area contributed by atoms with Crippen LogP contribution in [-0.2, 0) is 0 Å². The van der Waals surface area contributed by atoms with E-state index in [2.05, 4.69) is 25.3 Å². The fraction of sp³-hybridized carbons (Fsp3) is 0.188. The Hall–Kier alpha value is -2.11. The zero-order valence-corrected chi connectivity index (χ0v) is 13.6. The molecule has 0 atom stereocenters. The van der Waals surface area contributed by atoms with Gasteiger partial charge in [-0.25, -0.2) is 15.0 Å². The fourth-order valence-corrected chi connectivity index (χ4v) is 2.83. The van der Waals surface area contributed by atoms with Crippen LogP contribution < -0.4 is 5.32 Å². The predicted octanol–water partition coefficient (Wildman–Crippen LogP) is 4.41. The molecule has 1 aliphatic rings. The predicted molar refractivity (Wildman–Crippen MR) is 91.7 cm³/mol. The zero-order chi connectivity index (χ0) is 15.8. The molecule has 0 unspecified atom stereocenters. The van der Waals surface area contributed by atoms with E-state index in [0.29, 0.717) is 27.9 Å². The van der Waals surface area contributed by atoms with Crippen LogP contribution in [0.25, 0.3) is 22.6 Å². The molecule has 23 heavy (non-hydrogen) atoms. The van der Waals surface area contributed by atoms with Crippen LogP contribution in [0.2, 0.25) is 10.0 Å². The van der Waals surface area contributed by atoms with Gasteiger partial charge in [0.1, 0.15) is 5.82 Å². The van der Waals surface area contributed by atoms with Crippen molar-refractivity contribution in [3.05, 3.63) is 46.8 Å². The molecular formula is C16H13Cl2N5. The van der Waals surface area contributed by atoms with Crippen LogP contribution >= 0.6 is 23.2 Å². The molecule has 1 saturated carbocycles. The molecule has 1 aliphatic carbocycles. The molecule has 7 heteroatoms. The van der Waals surface area contributed by atoms with Crippen molar-refractivity contribution in [2.45, 2.75) is 18.9 Å². The third kappa shape index (κ3) is 3.02. The zero-order valence-electron chi connectivity index (χ0n) is 12.1. The average molecular weight is 346 g/mol. The minimum atomic E-state index is 0.470. The number of aromatic amines is 1. The van der Waals surface area contributed by atoms with Gasteiger partial charge in [-0.1, -0.05) is 23.2 Å². The van der Waals surface area contributed by atoms with E-state index in [-0.39, 0.29) is 0 Å². The quantitative estimate of drug-likeness (QED) is 0.734. The molecule has 2 aromatic heterocycles. The Bertz CT molecular complexity index is 844. The number of nitrogens with one attached hydrogen (secondary N) is 2. The summed E-state index contributed by atoms with van der Waals surface area (Å²) >= 11 is 12.4. The highest BCUT2D eigenvalue weighted by atomic mass is 35.5. The number of benzene rings is 1. The van der Waals surface area contributed by atoms with Gasteiger partial charge in [0.05, 0.1) is 16.3 Å². The molecule has 4 rings (SSSR count). The Morgan fingerprint density at radius 2 is 2.00 bits per heavy atom. The summed E-state index contributed by atoms with van der Waals surface area (Å²) in [6.45, 7) is 0. The van der Waals surface area contributed by atoms with E-state index >= 15 is 0 Å². The van der Waals surface area contributed by atoms with Crippen molar-refractivity contribution in [3.8, 4) is 22.6 Å². The fourth-order valence-electron chi connectivity index (χ4n) is 2.33. The molecule has 0 saturated heterocycles. The summed E-state index contributed by atoms with van der Waals surface area (Å²) in [4.78, 5) is 16.4. The lowest BCUT2D eigenvalue weighted by atomic mass is 10.1. The summed E-state index contributed by atoms with van der Waals surface area (Å²) in [6, 6.07) is 5.84. The number of hydrogen-bond donors (Lipinski definition) is 2. The van der Waals surface area contributed by atoms with E-state index in [4.69, 9.17) is 23.2 Å². The van der Waals surface area contributed by atoms with Crippen LogP contribution in [0.1, 0.15) is 12.8 Å². The van der Waals surface area contributed by atoms with Gasteiger partial charge in [0.2, 0.25) is 5.95 Å². The Balaban J connectivity index is 1.86. The number of aromatic nitrogens is 4. The molecule has 0 spiro atoms. The lowest BCUT2D eigenvalue weighted by Crippen LogP contribution is -2.06. The SMILES string of the molecule is Clc1ccc(-c2nc(NC3CC3)ncc2-c2ncc[nH]2)c(Cl)c1. The second-order valence-corrected chi connectivity index (χ2v) is 6.28. The van der Waals surface area contributed by atoms with E-state index in [1.807, 2.05) is 6.07 Å². The van der Waals surface area contributed by atoms with E-state index in [1.54, 1.807) is 30.7 Å². The summed E-state index contributed by atoms with van der Waals surface area (Å²) in [5.74, 6) is 1.30. The summed E-state index contributed by atoms with van der Waals surface area (Å²) < 4.78 is 0. The first-order valence-corrected chi connectivity index (χ1v) is 8.05. The lowest BCUT2D eigenvalue weighted by molar-refractivity contribution is 1.05. The van der Waals surface area contributed by atoms with Crippen molar-refractivity contribution >= 4 is 29.2 Å². The largest absolute Gasteiger partial charge is 0.351 e. The summed E-state index contributed by atoms with van der Waals surface area (Å²) in [5.41, 5.74) is 2.31. The van der Waals surface area contributed by atoms with Gasteiger partial charge in [0.15, 0.2) is 0 Å². The van der Waals surface area contributed by atoms with Crippen LogP contribution in [0.15, 0.2) is 36.8 Å². The first-order valence-electron chi connectivity index (χ1n) is 7.29. The summed E-state index contributed by atoms with van der Waals surface area (Å²) in [7, 11) is 0. The maximum atomic E-state index is 6.37. The molecule has 2 heterocycles. The molecule has 2 N–H and O–H groups in total. The molecular weight excluding hydrogens is 333 g/mol. The van der Waals surface area contributed by atoms with Gasteiger partial charge >= 0.3 is 0 Å². The number of imidazole rings is 1. The minimum Gasteiger partial charge on any atom is -0.351 e. The number of H-pyrrole nitrogens is 1. The van der Waals surface area contributed by atoms with Gasteiger partial charge in [0, 0.05) is 35.2 Å². The third-order valence-corrected chi connectivity index (χ3v) is 4.19. The average Bonchev–Trinajstić information content (AvgIpc) is 3.17. The summed E-state index contributed by atoms with van der Waals surface area (Å²) in [5, 5.41) is 4.44. The van der Waals surface area contributed by atoms with Gasteiger partial charge in [0.25, 0.3) is 0 Å². The highest BCUT2D eigenvalue weighted by molar-refractivity contribution is 6.36. The topological polar surface area (TPSA) is 66.5 Å². The molecule has 3 aromatic rings. The Morgan fingerprint density at radius 3 is 2.70 bits per heavy atom. The molecule has 0 amide bonds. The highest BCUT2D eigenvalue weighted by Crippen LogP contribution is 2.35. The second-order valence-electron chi connectivity index (χ2n) is 5.44. The van der Waals surface area contributed by atoms with Crippen LogP contribution in [0.3, 0.4) is 0 Å². The summed E-state index contributed by atoms with van der Waals surface area (Å²) in [6.07, 6.45) is 7.52. The van der Waals surface area contributed by atoms with Crippen molar-refractivity contribution < 1.29 is 0 Å². The van der Waals surface area contributed by atoms with Crippen molar-refractivity contribution in [2.75, 3.05) is 5.32 Å². The Labute approximate surface area is 143 Å². The number of anilines is 1. The van der Waals surface area contributed by atoms with E-state index in [9.17, 15) is 0 Å². The third-order valence-electron chi connectivity index (χ3n) is 3.64. The van der Waals surface area contributed by atoms with Crippen molar-refractivity contribution in [2.24, 2.45) is 0 Å². The van der Waals surface area contributed by atoms with Gasteiger partial charge in [-0.15, -0.1) is 0 Å². The van der Waals surface area contributed by atoms with Crippen molar-refractivity contribution in [1.29, 1.82) is 0 Å². The number of nitrogens with zero attached hydrogens (tertiary/aromatic N) is 3. The number of rotatable bonds is 4. The van der Waals surface area contributed by atoms with Crippen LogP contribution in [0.4, 0.5) is 5.95 Å². The normalized spacial score (nSPS) is 14.0. The van der Waals surface area contributed by atoms with Gasteiger partial charge in [-0.2, -0.15) is 0 Å². The van der Waals surface area contributed by atoms with Crippen LogP contribution in [0, 0.1) is 0 Å². The maximum absolute atomic E-state index is 6.37. The first kappa shape index (κ1) is 14.5. The van der Waals surface area contributed by atoms with Crippen molar-refractivity contribution in [1.82, 2.24) is 19.9 Å². The monoisotopic (exact) mass is 345 g/mol. The molecule has 1 fully saturated rings. The first-order chi connectivity index (χ1) is 11.2. The van der Waals surface area contributed by atoms with Crippen LogP contribution in [-0.4, -0.2) is 26.0 Å². The molecule has 0 aliphatic heterocycles. The highest BCUT2D eigenvalue weighted by Gasteiger charge is 2.23. The van der Waals surface area contributed by atoms with Gasteiger partial charge < -0.3 is 10.3 Å². The second kappa shape index (κ2) is 5.83. The number of halogens is 2. The maximum Gasteiger partial charge on any atom is 0.223 e. The molecule has 116 valence electrons.